The summed E-state index contributed by atoms with van der Waals surface area (Å²) >= 11 is 0. The van der Waals surface area contributed by atoms with Gasteiger partial charge in [0.25, 0.3) is 0 Å². The number of fused-ring (bicyclic) bond motifs is 2. The quantitative estimate of drug-likeness (QED) is 0.289. The number of hydrogen-bond acceptors (Lipinski definition) is 8. The third-order valence-electron chi connectivity index (χ3n) is 6.21. The molecule has 1 aliphatic rings. The van der Waals surface area contributed by atoms with Crippen LogP contribution < -0.4 is 9.55 Å². The molecule has 1 aromatic heterocycles. The highest BCUT2D eigenvalue weighted by Crippen LogP contribution is 2.45. The van der Waals surface area contributed by atoms with Crippen LogP contribution in [-0.4, -0.2) is 64.1 Å². The highest BCUT2D eigenvalue weighted by molar-refractivity contribution is 7.86. The Morgan fingerprint density at radius 2 is 1.57 bits per heavy atom. The van der Waals surface area contributed by atoms with Crippen molar-refractivity contribution in [2.75, 3.05) is 44.4 Å². The molecule has 2 atom stereocenters. The van der Waals surface area contributed by atoms with Crippen molar-refractivity contribution in [3.05, 3.63) is 54.1 Å². The van der Waals surface area contributed by atoms with E-state index in [2.05, 4.69) is 0 Å². The first-order chi connectivity index (χ1) is 16.8. The van der Waals surface area contributed by atoms with E-state index in [1.54, 1.807) is 24.3 Å². The molecule has 3 aromatic rings. The van der Waals surface area contributed by atoms with Crippen LogP contribution in [0.25, 0.3) is 11.0 Å². The molecule has 0 fully saturated rings. The van der Waals surface area contributed by atoms with Crippen molar-refractivity contribution in [1.29, 1.82) is 0 Å². The van der Waals surface area contributed by atoms with Crippen LogP contribution in [0.15, 0.2) is 53.4 Å². The van der Waals surface area contributed by atoms with Gasteiger partial charge in [0, 0.05) is 26.7 Å². The fraction of sp³-hybridized carbons (Fsp3) is 0.440. The number of hydrogen-bond donors (Lipinski definition) is 0. The molecule has 1 aliphatic heterocycles. The molecule has 0 bridgehead atoms. The van der Waals surface area contributed by atoms with Gasteiger partial charge in [0.1, 0.15) is 6.54 Å². The molecular formula is C25H33N4O5S+. The van der Waals surface area contributed by atoms with Crippen molar-refractivity contribution < 1.29 is 22.2 Å². The average Bonchev–Trinajstić information content (AvgIpc) is 3.05. The van der Waals surface area contributed by atoms with Crippen molar-refractivity contribution >= 4 is 32.8 Å². The van der Waals surface area contributed by atoms with E-state index in [1.807, 2.05) is 56.9 Å². The normalized spacial score (nSPS) is 19.9. The Bertz CT molecular complexity index is 1270. The SMILES string of the molecule is CCOCCN1c2nc3ccccc3nc2[N+](CCOCC)(OS(=O)(=O)c2ccc(C)cc2)C1C. The summed E-state index contributed by atoms with van der Waals surface area (Å²) in [5, 5.41) is 0. The molecule has 0 N–H and O–H groups in total. The van der Waals surface area contributed by atoms with Crippen molar-refractivity contribution in [1.82, 2.24) is 14.6 Å². The van der Waals surface area contributed by atoms with E-state index in [4.69, 9.17) is 23.7 Å². The van der Waals surface area contributed by atoms with Crippen LogP contribution in [0.1, 0.15) is 26.3 Å². The predicted molar refractivity (Wildman–Crippen MR) is 135 cm³/mol. The summed E-state index contributed by atoms with van der Waals surface area (Å²) in [6, 6.07) is 14.2. The molecule has 2 unspecified atom stereocenters. The monoisotopic (exact) mass is 501 g/mol. The standard InChI is InChI=1S/C25H33N4O5S/c1-5-32-17-15-28-20(4)29(16-18-33-6-2,34-35(30,31)21-13-11-19(3)12-14-21)25-24(28)26-22-9-7-8-10-23(22)27-25/h7-14,20H,5-6,15-18H2,1-4H3/q+1. The maximum absolute atomic E-state index is 13.6. The molecular weight excluding hydrogens is 468 g/mol. The lowest BCUT2D eigenvalue weighted by molar-refractivity contribution is -0.0820. The summed E-state index contributed by atoms with van der Waals surface area (Å²) < 4.78 is 44.1. The molecule has 0 radical (unpaired) electrons. The molecule has 0 saturated carbocycles. The zero-order chi connectivity index (χ0) is 25.1. The molecule has 4 rings (SSSR count). The van der Waals surface area contributed by atoms with Crippen molar-refractivity contribution in [3.8, 4) is 0 Å². The molecule has 188 valence electrons. The second-order valence-corrected chi connectivity index (χ2v) is 9.97. The van der Waals surface area contributed by atoms with Crippen LogP contribution in [0.5, 0.6) is 0 Å². The molecule has 0 saturated heterocycles. The number of quaternary nitrogens is 1. The molecule has 10 heteroatoms. The fourth-order valence-corrected chi connectivity index (χ4v) is 5.48. The van der Waals surface area contributed by atoms with Gasteiger partial charge in [-0.25, -0.2) is 4.98 Å². The Hall–Kier alpha value is -2.63. The van der Waals surface area contributed by atoms with Gasteiger partial charge in [0.05, 0.1) is 29.1 Å². The van der Waals surface area contributed by atoms with E-state index in [0.717, 1.165) is 11.1 Å². The summed E-state index contributed by atoms with van der Waals surface area (Å²) in [6.07, 6.45) is -0.442. The number of rotatable bonds is 11. The van der Waals surface area contributed by atoms with Crippen LogP contribution in [0.4, 0.5) is 11.6 Å². The number of hydroxylamine groups is 2. The molecule has 0 amide bonds. The molecule has 0 spiro atoms. The van der Waals surface area contributed by atoms with Gasteiger partial charge in [-0.15, -0.1) is 0 Å². The molecule has 2 heterocycles. The van der Waals surface area contributed by atoms with Crippen molar-refractivity contribution in [3.63, 3.8) is 0 Å². The average molecular weight is 502 g/mol. The van der Waals surface area contributed by atoms with Crippen LogP contribution in [0.2, 0.25) is 0 Å². The fourth-order valence-electron chi connectivity index (χ4n) is 4.30. The Balaban J connectivity index is 1.86. The van der Waals surface area contributed by atoms with Gasteiger partial charge in [0.2, 0.25) is 12.0 Å². The van der Waals surface area contributed by atoms with Crippen LogP contribution in [0, 0.1) is 6.92 Å². The van der Waals surface area contributed by atoms with Crippen molar-refractivity contribution in [2.45, 2.75) is 38.8 Å². The summed E-state index contributed by atoms with van der Waals surface area (Å²) in [5.41, 5.74) is 2.36. The lowest BCUT2D eigenvalue weighted by Crippen LogP contribution is -2.60. The number of anilines is 1. The number of para-hydroxylation sites is 2. The Morgan fingerprint density at radius 3 is 2.23 bits per heavy atom. The molecule has 2 aromatic carbocycles. The smallest absolute Gasteiger partial charge is 0.343 e. The number of ether oxygens (including phenoxy) is 2. The van der Waals surface area contributed by atoms with Gasteiger partial charge in [-0.3, -0.25) is 4.90 Å². The highest BCUT2D eigenvalue weighted by Gasteiger charge is 2.57. The predicted octanol–water partition coefficient (Wildman–Crippen LogP) is 3.81. The number of nitrogens with zero attached hydrogens (tertiary/aromatic N) is 4. The summed E-state index contributed by atoms with van der Waals surface area (Å²) in [7, 11) is -4.14. The van der Waals surface area contributed by atoms with Gasteiger partial charge >= 0.3 is 15.9 Å². The van der Waals surface area contributed by atoms with Gasteiger partial charge < -0.3 is 9.47 Å². The summed E-state index contributed by atoms with van der Waals surface area (Å²) in [4.78, 5) is 11.9. The van der Waals surface area contributed by atoms with E-state index >= 15 is 0 Å². The van der Waals surface area contributed by atoms with Crippen LogP contribution in [-0.2, 0) is 23.9 Å². The van der Waals surface area contributed by atoms with Gasteiger partial charge in [0.15, 0.2) is 0 Å². The second-order valence-electron chi connectivity index (χ2n) is 8.44. The third kappa shape index (κ3) is 5.03. The zero-order valence-corrected chi connectivity index (χ0v) is 21.5. The second kappa shape index (κ2) is 10.5. The minimum Gasteiger partial charge on any atom is -0.380 e. The third-order valence-corrected chi connectivity index (χ3v) is 7.52. The maximum Gasteiger partial charge on any atom is 0.343 e. The van der Waals surface area contributed by atoms with Crippen LogP contribution in [0.3, 0.4) is 0 Å². The number of aromatic nitrogens is 2. The van der Waals surface area contributed by atoms with E-state index in [1.165, 1.54) is 0 Å². The van der Waals surface area contributed by atoms with E-state index < -0.39 is 16.3 Å². The summed E-state index contributed by atoms with van der Waals surface area (Å²) in [5.74, 6) is 1.04. The van der Waals surface area contributed by atoms with E-state index in [9.17, 15) is 8.42 Å². The first-order valence-electron chi connectivity index (χ1n) is 11.9. The van der Waals surface area contributed by atoms with Gasteiger partial charge in [-0.1, -0.05) is 38.8 Å². The lowest BCUT2D eigenvalue weighted by Gasteiger charge is -2.34. The molecule has 0 aliphatic carbocycles. The largest absolute Gasteiger partial charge is 0.380 e. The topological polar surface area (TPSA) is 90.8 Å². The Morgan fingerprint density at radius 1 is 0.943 bits per heavy atom. The number of aryl methyl sites for hydroxylation is 1. The maximum atomic E-state index is 13.6. The van der Waals surface area contributed by atoms with E-state index in [-0.39, 0.29) is 22.7 Å². The Labute approximate surface area is 206 Å². The Kier molecular flexibility index (Phi) is 7.67. The zero-order valence-electron chi connectivity index (χ0n) is 20.7. The minimum absolute atomic E-state index is 0.0901. The molecule has 9 nitrogen and oxygen atoms in total. The minimum atomic E-state index is -4.14. The van der Waals surface area contributed by atoms with Crippen LogP contribution >= 0.6 is 0 Å². The number of benzene rings is 2. The van der Waals surface area contributed by atoms with Crippen molar-refractivity contribution in [2.24, 2.45) is 0 Å². The highest BCUT2D eigenvalue weighted by atomic mass is 32.2. The first kappa shape index (κ1) is 25.5. The van der Waals surface area contributed by atoms with Gasteiger partial charge in [-0.2, -0.15) is 13.4 Å². The first-order valence-corrected chi connectivity index (χ1v) is 13.3. The van der Waals surface area contributed by atoms with E-state index in [0.29, 0.717) is 43.5 Å². The summed E-state index contributed by atoms with van der Waals surface area (Å²) in [6.45, 7) is 10.3. The molecule has 35 heavy (non-hydrogen) atoms. The van der Waals surface area contributed by atoms with Gasteiger partial charge in [-0.05, 0) is 45.0 Å². The lowest BCUT2D eigenvalue weighted by atomic mass is 10.2.